The summed E-state index contributed by atoms with van der Waals surface area (Å²) >= 11 is 0. The van der Waals surface area contributed by atoms with Crippen LogP contribution in [0.1, 0.15) is 24.3 Å². The monoisotopic (exact) mass is 448 g/mol. The number of aryl methyl sites for hydroxylation is 2. The first kappa shape index (κ1) is 22.1. The minimum atomic E-state index is -0.287. The van der Waals surface area contributed by atoms with Gasteiger partial charge in [0.1, 0.15) is 11.5 Å². The van der Waals surface area contributed by atoms with Gasteiger partial charge in [-0.05, 0) is 49.1 Å². The molecule has 1 amide bonds. The highest BCUT2D eigenvalue weighted by atomic mass is 16.5. The first-order valence-corrected chi connectivity index (χ1v) is 10.5. The van der Waals surface area contributed by atoms with Gasteiger partial charge in [-0.3, -0.25) is 9.59 Å². The molecule has 4 aromatic rings. The molecule has 0 saturated carbocycles. The molecule has 9 heteroatoms. The maximum absolute atomic E-state index is 12.5. The predicted molar refractivity (Wildman–Crippen MR) is 124 cm³/mol. The van der Waals surface area contributed by atoms with Gasteiger partial charge < -0.3 is 24.3 Å². The fraction of sp³-hybridized carbons (Fsp3) is 0.250. The third-order valence-corrected chi connectivity index (χ3v) is 5.18. The van der Waals surface area contributed by atoms with E-state index in [0.29, 0.717) is 41.5 Å². The number of rotatable bonds is 8. The molecule has 0 aliphatic carbocycles. The number of anilines is 1. The van der Waals surface area contributed by atoms with Crippen molar-refractivity contribution in [2.24, 2.45) is 0 Å². The Bertz CT molecular complexity index is 1360. The molecule has 0 unspecified atom stereocenters. The summed E-state index contributed by atoms with van der Waals surface area (Å²) in [5, 5.41) is 7.66. The smallest absolute Gasteiger partial charge is 0.259 e. The maximum atomic E-state index is 12.5. The summed E-state index contributed by atoms with van der Waals surface area (Å²) in [4.78, 5) is 32.0. The summed E-state index contributed by atoms with van der Waals surface area (Å²) in [6.07, 6.45) is 1.14. The topological polar surface area (TPSA) is 119 Å². The summed E-state index contributed by atoms with van der Waals surface area (Å²) in [6.45, 7) is 1.98. The van der Waals surface area contributed by atoms with E-state index >= 15 is 0 Å². The second kappa shape index (κ2) is 9.56. The molecule has 0 atom stereocenters. The number of pyridine rings is 1. The number of ether oxygens (including phenoxy) is 2. The number of hydrogen-bond acceptors (Lipinski definition) is 7. The normalized spacial score (nSPS) is 10.9. The SMILES string of the molecule is COc1ccc(OC)c(NC(=O)CCCc2nc(-c3cc4cc(C)ccc4[nH]c3=O)no2)c1. The van der Waals surface area contributed by atoms with Gasteiger partial charge in [-0.2, -0.15) is 4.98 Å². The van der Waals surface area contributed by atoms with Crippen molar-refractivity contribution >= 4 is 22.5 Å². The van der Waals surface area contributed by atoms with Crippen LogP contribution in [0.5, 0.6) is 11.5 Å². The zero-order chi connectivity index (χ0) is 23.4. The second-order valence-electron chi connectivity index (χ2n) is 7.58. The lowest BCUT2D eigenvalue weighted by atomic mass is 10.1. The molecule has 4 rings (SSSR count). The van der Waals surface area contributed by atoms with Crippen molar-refractivity contribution in [3.63, 3.8) is 0 Å². The minimum Gasteiger partial charge on any atom is -0.497 e. The number of methoxy groups -OCH3 is 2. The van der Waals surface area contributed by atoms with E-state index in [1.54, 1.807) is 31.4 Å². The Morgan fingerprint density at radius 3 is 2.76 bits per heavy atom. The zero-order valence-corrected chi connectivity index (χ0v) is 18.6. The molecule has 2 aromatic heterocycles. The first-order chi connectivity index (χ1) is 16.0. The molecule has 0 saturated heterocycles. The molecule has 170 valence electrons. The molecule has 9 nitrogen and oxygen atoms in total. The number of hydrogen-bond donors (Lipinski definition) is 2. The van der Waals surface area contributed by atoms with Crippen LogP contribution in [0.25, 0.3) is 22.3 Å². The standard InChI is InChI=1S/C24H24N4O5/c1-14-7-9-18-15(11-14)12-17(24(30)26-18)23-27-22(33-28-23)6-4-5-21(29)25-19-13-16(31-2)8-10-20(19)32-3/h7-13H,4-6H2,1-3H3,(H,25,29)(H,26,30). The zero-order valence-electron chi connectivity index (χ0n) is 18.6. The van der Waals surface area contributed by atoms with E-state index in [1.807, 2.05) is 25.1 Å². The summed E-state index contributed by atoms with van der Waals surface area (Å²) < 4.78 is 15.8. The van der Waals surface area contributed by atoms with Crippen molar-refractivity contribution in [1.29, 1.82) is 0 Å². The highest BCUT2D eigenvalue weighted by Gasteiger charge is 2.14. The summed E-state index contributed by atoms with van der Waals surface area (Å²) in [6, 6.07) is 12.7. The molecule has 2 heterocycles. The lowest BCUT2D eigenvalue weighted by Crippen LogP contribution is -2.12. The van der Waals surface area contributed by atoms with Crippen molar-refractivity contribution < 1.29 is 18.8 Å². The minimum absolute atomic E-state index is 0.178. The number of nitrogens with one attached hydrogen (secondary N) is 2. The van der Waals surface area contributed by atoms with Gasteiger partial charge in [-0.15, -0.1) is 0 Å². The van der Waals surface area contributed by atoms with Crippen molar-refractivity contribution in [3.8, 4) is 22.9 Å². The number of carbonyl (C=O) groups excluding carboxylic acids is 1. The molecular formula is C24H24N4O5. The molecule has 0 radical (unpaired) electrons. The molecule has 0 aliphatic heterocycles. The van der Waals surface area contributed by atoms with Crippen LogP contribution in [0, 0.1) is 6.92 Å². The lowest BCUT2D eigenvalue weighted by Gasteiger charge is -2.11. The molecule has 33 heavy (non-hydrogen) atoms. The van der Waals surface area contributed by atoms with Crippen LogP contribution in [0.15, 0.2) is 51.8 Å². The van der Waals surface area contributed by atoms with Crippen LogP contribution in [0.2, 0.25) is 0 Å². The Hall–Kier alpha value is -4.14. The lowest BCUT2D eigenvalue weighted by molar-refractivity contribution is -0.116. The van der Waals surface area contributed by atoms with Crippen molar-refractivity contribution in [1.82, 2.24) is 15.1 Å². The summed E-state index contributed by atoms with van der Waals surface area (Å²) in [5.41, 5.74) is 2.42. The number of aromatic nitrogens is 3. The Morgan fingerprint density at radius 1 is 1.12 bits per heavy atom. The molecule has 0 fully saturated rings. The Morgan fingerprint density at radius 2 is 1.97 bits per heavy atom. The fourth-order valence-corrected chi connectivity index (χ4v) is 3.48. The van der Waals surface area contributed by atoms with E-state index in [-0.39, 0.29) is 23.7 Å². The third kappa shape index (κ3) is 5.03. The van der Waals surface area contributed by atoms with Crippen LogP contribution >= 0.6 is 0 Å². The van der Waals surface area contributed by atoms with E-state index in [4.69, 9.17) is 14.0 Å². The highest BCUT2D eigenvalue weighted by Crippen LogP contribution is 2.29. The van der Waals surface area contributed by atoms with Crippen LogP contribution in [0.4, 0.5) is 5.69 Å². The highest BCUT2D eigenvalue weighted by molar-refractivity contribution is 5.92. The number of H-pyrrole nitrogens is 1. The van der Waals surface area contributed by atoms with Crippen LogP contribution in [0.3, 0.4) is 0 Å². The van der Waals surface area contributed by atoms with Gasteiger partial charge in [0, 0.05) is 24.4 Å². The van der Waals surface area contributed by atoms with Gasteiger partial charge in [0.25, 0.3) is 5.56 Å². The Labute approximate surface area is 189 Å². The molecule has 0 spiro atoms. The van der Waals surface area contributed by atoms with Crippen LogP contribution in [-0.2, 0) is 11.2 Å². The summed E-state index contributed by atoms with van der Waals surface area (Å²) in [7, 11) is 3.09. The summed E-state index contributed by atoms with van der Waals surface area (Å²) in [5.74, 6) is 1.56. The number of nitrogens with zero attached hydrogens (tertiary/aromatic N) is 2. The fourth-order valence-electron chi connectivity index (χ4n) is 3.48. The van der Waals surface area contributed by atoms with Gasteiger partial charge in [0.05, 0.1) is 25.5 Å². The van der Waals surface area contributed by atoms with E-state index in [2.05, 4.69) is 20.4 Å². The number of carbonyl (C=O) groups is 1. The molecule has 2 aromatic carbocycles. The predicted octanol–water partition coefficient (Wildman–Crippen LogP) is 3.87. The van der Waals surface area contributed by atoms with Gasteiger partial charge in [-0.25, -0.2) is 0 Å². The Kier molecular flexibility index (Phi) is 6.39. The Balaban J connectivity index is 1.39. The van der Waals surface area contributed by atoms with Gasteiger partial charge >= 0.3 is 0 Å². The van der Waals surface area contributed by atoms with Crippen LogP contribution < -0.4 is 20.3 Å². The average molecular weight is 448 g/mol. The van der Waals surface area contributed by atoms with E-state index < -0.39 is 0 Å². The van der Waals surface area contributed by atoms with Gasteiger partial charge in [0.2, 0.25) is 17.6 Å². The van der Waals surface area contributed by atoms with Gasteiger partial charge in [-0.1, -0.05) is 16.8 Å². The third-order valence-electron chi connectivity index (χ3n) is 5.18. The molecule has 0 bridgehead atoms. The van der Waals surface area contributed by atoms with Crippen molar-refractivity contribution in [2.45, 2.75) is 26.2 Å². The largest absolute Gasteiger partial charge is 0.497 e. The second-order valence-corrected chi connectivity index (χ2v) is 7.58. The van der Waals surface area contributed by atoms with Crippen molar-refractivity contribution in [2.75, 3.05) is 19.5 Å². The van der Waals surface area contributed by atoms with Crippen LogP contribution in [-0.4, -0.2) is 35.3 Å². The van der Waals surface area contributed by atoms with Crippen molar-refractivity contribution in [3.05, 3.63) is 64.3 Å². The number of benzene rings is 2. The quantitative estimate of drug-likeness (QED) is 0.420. The van der Waals surface area contributed by atoms with E-state index in [9.17, 15) is 9.59 Å². The van der Waals surface area contributed by atoms with Gasteiger partial charge in [0.15, 0.2) is 0 Å². The molecular weight excluding hydrogens is 424 g/mol. The number of amides is 1. The molecule has 0 aliphatic rings. The van der Waals surface area contributed by atoms with E-state index in [0.717, 1.165) is 16.5 Å². The molecule has 2 N–H and O–H groups in total. The number of fused-ring (bicyclic) bond motifs is 1. The average Bonchev–Trinajstić information content (AvgIpc) is 3.27. The maximum Gasteiger partial charge on any atom is 0.259 e. The first-order valence-electron chi connectivity index (χ1n) is 10.5. The number of aromatic amines is 1. The van der Waals surface area contributed by atoms with E-state index in [1.165, 1.54) is 7.11 Å².